The van der Waals surface area contributed by atoms with E-state index in [-0.39, 0.29) is 0 Å². The molecular formula is C22H22N2O. The van der Waals surface area contributed by atoms with Crippen LogP contribution in [0.3, 0.4) is 0 Å². The van der Waals surface area contributed by atoms with Crippen LogP contribution < -0.4 is 0 Å². The van der Waals surface area contributed by atoms with E-state index in [1.165, 1.54) is 19.4 Å². The van der Waals surface area contributed by atoms with Crippen LogP contribution in [0.5, 0.6) is 0 Å². The fraction of sp³-hybridized carbons (Fsp3) is 0.318. The number of furan rings is 1. The summed E-state index contributed by atoms with van der Waals surface area (Å²) in [5.74, 6) is 1.06. The maximum atomic E-state index is 8.92. The molecule has 1 fully saturated rings. The van der Waals surface area contributed by atoms with Gasteiger partial charge in [-0.1, -0.05) is 18.2 Å². The van der Waals surface area contributed by atoms with Gasteiger partial charge < -0.3 is 9.32 Å². The van der Waals surface area contributed by atoms with Gasteiger partial charge >= 0.3 is 0 Å². The molecule has 25 heavy (non-hydrogen) atoms. The van der Waals surface area contributed by atoms with Crippen LogP contribution in [-0.2, 0) is 6.42 Å². The maximum absolute atomic E-state index is 8.92. The highest BCUT2D eigenvalue weighted by Crippen LogP contribution is 2.27. The van der Waals surface area contributed by atoms with Gasteiger partial charge in [0.1, 0.15) is 11.3 Å². The molecule has 4 rings (SSSR count). The summed E-state index contributed by atoms with van der Waals surface area (Å²) < 4.78 is 6.02. The van der Waals surface area contributed by atoms with Gasteiger partial charge in [0.2, 0.25) is 0 Å². The van der Waals surface area contributed by atoms with E-state index >= 15 is 0 Å². The van der Waals surface area contributed by atoms with Crippen molar-refractivity contribution in [3.8, 4) is 17.2 Å². The van der Waals surface area contributed by atoms with E-state index in [1.807, 2.05) is 30.3 Å². The Bertz CT molecular complexity index is 917. The highest BCUT2D eigenvalue weighted by molar-refractivity contribution is 5.84. The molecule has 0 N–H and O–H groups in total. The van der Waals surface area contributed by atoms with E-state index in [1.54, 1.807) is 0 Å². The van der Waals surface area contributed by atoms with Gasteiger partial charge in [-0.25, -0.2) is 0 Å². The van der Waals surface area contributed by atoms with E-state index in [0.717, 1.165) is 40.8 Å². The van der Waals surface area contributed by atoms with E-state index in [0.29, 0.717) is 11.6 Å². The van der Waals surface area contributed by atoms with Gasteiger partial charge in [0.15, 0.2) is 0 Å². The van der Waals surface area contributed by atoms with Crippen molar-refractivity contribution in [2.75, 3.05) is 13.1 Å². The van der Waals surface area contributed by atoms with Crippen molar-refractivity contribution in [2.45, 2.75) is 32.2 Å². The zero-order chi connectivity index (χ0) is 17.2. The summed E-state index contributed by atoms with van der Waals surface area (Å²) in [6.45, 7) is 4.60. The number of likely N-dealkylation sites (tertiary alicyclic amines) is 1. The Kier molecular flexibility index (Phi) is 4.29. The number of nitrogens with zero attached hydrogens (tertiary/aromatic N) is 2. The molecule has 1 atom stereocenters. The van der Waals surface area contributed by atoms with Gasteiger partial charge in [-0.15, -0.1) is 0 Å². The number of fused-ring (bicyclic) bond motifs is 1. The van der Waals surface area contributed by atoms with Crippen LogP contribution in [0, 0.1) is 11.3 Å². The Balaban J connectivity index is 1.53. The topological polar surface area (TPSA) is 40.2 Å². The molecule has 1 saturated heterocycles. The van der Waals surface area contributed by atoms with Crippen LogP contribution in [0.4, 0.5) is 0 Å². The molecular weight excluding hydrogens is 308 g/mol. The second-order valence-electron chi connectivity index (χ2n) is 6.93. The Morgan fingerprint density at radius 2 is 1.92 bits per heavy atom. The van der Waals surface area contributed by atoms with Gasteiger partial charge in [0.25, 0.3) is 0 Å². The predicted molar refractivity (Wildman–Crippen MR) is 100 cm³/mol. The summed E-state index contributed by atoms with van der Waals surface area (Å²) >= 11 is 0. The van der Waals surface area contributed by atoms with Crippen molar-refractivity contribution in [1.29, 1.82) is 5.26 Å². The second-order valence-corrected chi connectivity index (χ2v) is 6.93. The van der Waals surface area contributed by atoms with E-state index in [9.17, 15) is 0 Å². The molecule has 0 saturated carbocycles. The van der Waals surface area contributed by atoms with Gasteiger partial charge in [0.05, 0.1) is 11.6 Å². The highest BCUT2D eigenvalue weighted by Gasteiger charge is 2.20. The normalized spacial score (nSPS) is 17.8. The Morgan fingerprint density at radius 3 is 2.64 bits per heavy atom. The third kappa shape index (κ3) is 3.31. The van der Waals surface area contributed by atoms with E-state index < -0.39 is 0 Å². The molecule has 3 nitrogen and oxygen atoms in total. The number of hydrogen-bond donors (Lipinski definition) is 0. The first-order valence-electron chi connectivity index (χ1n) is 9.00. The Labute approximate surface area is 148 Å². The van der Waals surface area contributed by atoms with Crippen molar-refractivity contribution >= 4 is 11.0 Å². The van der Waals surface area contributed by atoms with Crippen molar-refractivity contribution in [1.82, 2.24) is 4.90 Å². The summed E-state index contributed by atoms with van der Waals surface area (Å²) in [6.07, 6.45) is 3.59. The molecule has 2 heterocycles. The lowest BCUT2D eigenvalue weighted by Crippen LogP contribution is -2.28. The fourth-order valence-corrected chi connectivity index (χ4v) is 3.72. The third-order valence-corrected chi connectivity index (χ3v) is 5.25. The van der Waals surface area contributed by atoms with Crippen molar-refractivity contribution in [3.05, 3.63) is 59.9 Å². The summed E-state index contributed by atoms with van der Waals surface area (Å²) in [4.78, 5) is 2.55. The lowest BCUT2D eigenvalue weighted by molar-refractivity contribution is 0.266. The molecule has 1 aliphatic rings. The molecule has 126 valence electrons. The van der Waals surface area contributed by atoms with Crippen LogP contribution in [0.2, 0.25) is 0 Å². The van der Waals surface area contributed by atoms with Crippen LogP contribution in [0.15, 0.2) is 52.9 Å². The van der Waals surface area contributed by atoms with Crippen LogP contribution in [0.1, 0.15) is 31.1 Å². The van der Waals surface area contributed by atoms with Crippen molar-refractivity contribution in [3.63, 3.8) is 0 Å². The molecule has 0 bridgehead atoms. The minimum Gasteiger partial charge on any atom is -0.461 e. The number of nitriles is 1. The standard InChI is InChI=1S/C22H22N2O/c1-16-3-2-11-24(16)12-10-21-14-20-13-19(8-9-22(20)25-21)18-6-4-17(15-23)5-7-18/h4-9,13-14,16H,2-3,10-12H2,1H3/t16-/m0/s1. The van der Waals surface area contributed by atoms with E-state index in [2.05, 4.69) is 36.1 Å². The minimum atomic E-state index is 0.687. The summed E-state index contributed by atoms with van der Waals surface area (Å²) in [6, 6.07) is 19.0. The van der Waals surface area contributed by atoms with Gasteiger partial charge in [-0.05, 0) is 67.8 Å². The summed E-state index contributed by atoms with van der Waals surface area (Å²) in [7, 11) is 0. The van der Waals surface area contributed by atoms with Gasteiger partial charge in [-0.3, -0.25) is 0 Å². The van der Waals surface area contributed by atoms with Gasteiger partial charge in [0, 0.05) is 24.4 Å². The second kappa shape index (κ2) is 6.74. The Hall–Kier alpha value is -2.57. The monoisotopic (exact) mass is 330 g/mol. The lowest BCUT2D eigenvalue weighted by Gasteiger charge is -2.19. The average molecular weight is 330 g/mol. The molecule has 2 aromatic carbocycles. The smallest absolute Gasteiger partial charge is 0.134 e. The summed E-state index contributed by atoms with van der Waals surface area (Å²) in [5.41, 5.74) is 3.90. The maximum Gasteiger partial charge on any atom is 0.134 e. The Morgan fingerprint density at radius 1 is 1.12 bits per heavy atom. The number of rotatable bonds is 4. The molecule has 0 aliphatic carbocycles. The molecule has 1 aliphatic heterocycles. The van der Waals surface area contributed by atoms with Crippen LogP contribution >= 0.6 is 0 Å². The summed E-state index contributed by atoms with van der Waals surface area (Å²) in [5, 5.41) is 10.1. The van der Waals surface area contributed by atoms with Crippen molar-refractivity contribution in [2.24, 2.45) is 0 Å². The van der Waals surface area contributed by atoms with E-state index in [4.69, 9.17) is 9.68 Å². The number of hydrogen-bond acceptors (Lipinski definition) is 3. The average Bonchev–Trinajstić information content (AvgIpc) is 3.24. The predicted octanol–water partition coefficient (Wildman–Crippen LogP) is 5.00. The fourth-order valence-electron chi connectivity index (χ4n) is 3.72. The molecule has 3 aromatic rings. The quantitative estimate of drug-likeness (QED) is 0.676. The molecule has 0 unspecified atom stereocenters. The van der Waals surface area contributed by atoms with Crippen LogP contribution in [-0.4, -0.2) is 24.0 Å². The first-order chi connectivity index (χ1) is 12.2. The van der Waals surface area contributed by atoms with Crippen molar-refractivity contribution < 1.29 is 4.42 Å². The minimum absolute atomic E-state index is 0.687. The zero-order valence-corrected chi connectivity index (χ0v) is 14.5. The number of benzene rings is 2. The molecule has 0 amide bonds. The van der Waals surface area contributed by atoms with Gasteiger partial charge in [-0.2, -0.15) is 5.26 Å². The first kappa shape index (κ1) is 15.9. The molecule has 0 radical (unpaired) electrons. The molecule has 3 heteroatoms. The highest BCUT2D eigenvalue weighted by atomic mass is 16.3. The largest absolute Gasteiger partial charge is 0.461 e. The first-order valence-corrected chi connectivity index (χ1v) is 9.00. The molecule has 0 spiro atoms. The third-order valence-electron chi connectivity index (χ3n) is 5.25. The SMILES string of the molecule is C[C@H]1CCCN1CCc1cc2cc(-c3ccc(C#N)cc3)ccc2o1. The van der Waals surface area contributed by atoms with Crippen LogP contribution in [0.25, 0.3) is 22.1 Å². The molecule has 1 aromatic heterocycles. The lowest BCUT2D eigenvalue weighted by atomic mass is 10.0. The zero-order valence-electron chi connectivity index (χ0n) is 14.5.